The highest BCUT2D eigenvalue weighted by atomic mass is 19.4. The van der Waals surface area contributed by atoms with Gasteiger partial charge in [-0.25, -0.2) is 19.9 Å². The average Bonchev–Trinajstić information content (AvgIpc) is 3.36. The van der Waals surface area contributed by atoms with E-state index in [2.05, 4.69) is 25.3 Å². The molecule has 0 aliphatic heterocycles. The van der Waals surface area contributed by atoms with Crippen LogP contribution in [0.15, 0.2) is 41.1 Å². The number of benzene rings is 1. The van der Waals surface area contributed by atoms with Crippen LogP contribution in [0.4, 0.5) is 13.2 Å². The molecule has 0 radical (unpaired) electrons. The standard InChI is InChI=1S/C27H27F3N6O4/c1-4-14-11-32-26(33-12-14)39-16-9-15(10-16)34-24(37)22-23(13(2)31)40-25(36-22)18-5-7-19(38-3)21-17(18)6-8-20(35-21)27(28,29)30/h5-8,11-13,15-16H,4,9-10,31H2,1-3H3,(H,34,37)/t13-,15?,16?/m0/s1. The molecule has 0 spiro atoms. The van der Waals surface area contributed by atoms with Gasteiger partial charge in [-0.05, 0) is 43.2 Å². The molecule has 40 heavy (non-hydrogen) atoms. The lowest BCUT2D eigenvalue weighted by Crippen LogP contribution is -2.49. The summed E-state index contributed by atoms with van der Waals surface area (Å²) in [5.41, 5.74) is 6.33. The smallest absolute Gasteiger partial charge is 0.433 e. The van der Waals surface area contributed by atoms with Crippen LogP contribution >= 0.6 is 0 Å². The molecule has 3 N–H and O–H groups in total. The molecular formula is C27H27F3N6O4. The van der Waals surface area contributed by atoms with Crippen LogP contribution in [0.5, 0.6) is 11.8 Å². The number of halogens is 3. The van der Waals surface area contributed by atoms with Gasteiger partial charge in [0.05, 0.1) is 13.2 Å². The number of alkyl halides is 3. The molecule has 1 aliphatic carbocycles. The molecular weight excluding hydrogens is 529 g/mol. The first kappa shape index (κ1) is 27.3. The van der Waals surface area contributed by atoms with Crippen LogP contribution in [0.25, 0.3) is 22.4 Å². The van der Waals surface area contributed by atoms with E-state index in [0.29, 0.717) is 23.8 Å². The monoisotopic (exact) mass is 556 g/mol. The van der Waals surface area contributed by atoms with Gasteiger partial charge in [-0.1, -0.05) is 6.92 Å². The summed E-state index contributed by atoms with van der Waals surface area (Å²) < 4.78 is 56.8. The SMILES string of the molecule is CCc1cnc(OC2CC(NC(=O)c3nc(-c4ccc(OC)c5nc(C(F)(F)F)ccc45)oc3[C@H](C)N)C2)nc1. The van der Waals surface area contributed by atoms with Crippen molar-refractivity contribution in [3.8, 4) is 23.2 Å². The Balaban J connectivity index is 1.35. The number of nitrogens with zero attached hydrogens (tertiary/aromatic N) is 4. The van der Waals surface area contributed by atoms with Gasteiger partial charge < -0.3 is 24.9 Å². The largest absolute Gasteiger partial charge is 0.494 e. The Morgan fingerprint density at radius 1 is 1.18 bits per heavy atom. The molecule has 13 heteroatoms. The molecule has 1 aromatic carbocycles. The first-order chi connectivity index (χ1) is 19.1. The van der Waals surface area contributed by atoms with Crippen LogP contribution in [-0.2, 0) is 12.6 Å². The predicted octanol–water partition coefficient (Wildman–Crippen LogP) is 4.63. The van der Waals surface area contributed by atoms with Gasteiger partial charge in [-0.15, -0.1) is 0 Å². The van der Waals surface area contributed by atoms with Crippen molar-refractivity contribution in [2.75, 3.05) is 7.11 Å². The molecule has 1 aliphatic rings. The zero-order chi connectivity index (χ0) is 28.6. The maximum absolute atomic E-state index is 13.3. The molecule has 3 heterocycles. The number of rotatable bonds is 8. The Morgan fingerprint density at radius 3 is 2.52 bits per heavy atom. The van der Waals surface area contributed by atoms with E-state index in [1.165, 1.54) is 19.2 Å². The van der Waals surface area contributed by atoms with E-state index in [1.807, 2.05) is 6.92 Å². The Bertz CT molecular complexity index is 1530. The molecule has 10 nitrogen and oxygen atoms in total. The minimum Gasteiger partial charge on any atom is -0.494 e. The summed E-state index contributed by atoms with van der Waals surface area (Å²) in [5, 5.41) is 3.22. The Hall–Kier alpha value is -4.26. The van der Waals surface area contributed by atoms with Crippen LogP contribution in [0.2, 0.25) is 0 Å². The summed E-state index contributed by atoms with van der Waals surface area (Å²) in [6.07, 6.45) is 0.598. The number of hydrogen-bond donors (Lipinski definition) is 2. The molecule has 1 atom stereocenters. The van der Waals surface area contributed by atoms with E-state index in [4.69, 9.17) is 19.6 Å². The van der Waals surface area contributed by atoms with Crippen molar-refractivity contribution in [3.63, 3.8) is 0 Å². The Kier molecular flexibility index (Phi) is 7.32. The lowest BCUT2D eigenvalue weighted by atomic mass is 9.89. The van der Waals surface area contributed by atoms with Gasteiger partial charge >= 0.3 is 12.2 Å². The molecule has 0 unspecified atom stereocenters. The molecule has 210 valence electrons. The van der Waals surface area contributed by atoms with Crippen molar-refractivity contribution in [1.82, 2.24) is 25.3 Å². The number of aryl methyl sites for hydroxylation is 1. The van der Waals surface area contributed by atoms with Crippen molar-refractivity contribution in [2.45, 2.75) is 57.5 Å². The fourth-order valence-corrected chi connectivity index (χ4v) is 4.39. The van der Waals surface area contributed by atoms with Crippen molar-refractivity contribution in [3.05, 3.63) is 59.4 Å². The second-order valence-corrected chi connectivity index (χ2v) is 9.54. The van der Waals surface area contributed by atoms with Gasteiger partial charge in [-0.2, -0.15) is 13.2 Å². The van der Waals surface area contributed by atoms with E-state index >= 15 is 0 Å². The number of ether oxygens (including phenoxy) is 2. The third-order valence-corrected chi connectivity index (χ3v) is 6.63. The fraction of sp³-hybridized carbons (Fsp3) is 0.370. The Morgan fingerprint density at radius 2 is 1.90 bits per heavy atom. The van der Waals surface area contributed by atoms with E-state index in [9.17, 15) is 18.0 Å². The topological polar surface area (TPSA) is 138 Å². The number of aromatic nitrogens is 4. The summed E-state index contributed by atoms with van der Waals surface area (Å²) in [6, 6.07) is 4.63. The van der Waals surface area contributed by atoms with E-state index in [0.717, 1.165) is 18.1 Å². The lowest BCUT2D eigenvalue weighted by Gasteiger charge is -2.34. The lowest BCUT2D eigenvalue weighted by molar-refractivity contribution is -0.140. The number of nitrogens with one attached hydrogen (secondary N) is 1. The summed E-state index contributed by atoms with van der Waals surface area (Å²) in [4.78, 5) is 29.7. The number of fused-ring (bicyclic) bond motifs is 1. The number of carbonyl (C=O) groups is 1. The van der Waals surface area contributed by atoms with Crippen LogP contribution in [0, 0.1) is 0 Å². The second-order valence-electron chi connectivity index (χ2n) is 9.54. The highest BCUT2D eigenvalue weighted by Crippen LogP contribution is 2.37. The second kappa shape index (κ2) is 10.7. The minimum atomic E-state index is -4.64. The number of carbonyl (C=O) groups excluding carboxylic acids is 1. The third-order valence-electron chi connectivity index (χ3n) is 6.63. The molecule has 1 amide bonds. The third kappa shape index (κ3) is 5.41. The minimum absolute atomic E-state index is 0.00306. The maximum atomic E-state index is 13.3. The summed E-state index contributed by atoms with van der Waals surface area (Å²) in [6.45, 7) is 3.65. The summed E-state index contributed by atoms with van der Waals surface area (Å²) >= 11 is 0. The van der Waals surface area contributed by atoms with Crippen molar-refractivity contribution < 1.29 is 31.9 Å². The summed E-state index contributed by atoms with van der Waals surface area (Å²) in [7, 11) is 1.34. The molecule has 1 fully saturated rings. The average molecular weight is 557 g/mol. The normalized spacial score (nSPS) is 17.8. The number of methoxy groups -OCH3 is 1. The predicted molar refractivity (Wildman–Crippen MR) is 138 cm³/mol. The number of nitrogens with two attached hydrogens (primary N) is 1. The number of pyridine rings is 1. The van der Waals surface area contributed by atoms with Gasteiger partial charge in [0.25, 0.3) is 5.91 Å². The van der Waals surface area contributed by atoms with Crippen molar-refractivity contribution >= 4 is 16.8 Å². The molecule has 0 bridgehead atoms. The van der Waals surface area contributed by atoms with Gasteiger partial charge in [0.2, 0.25) is 5.89 Å². The number of hydrogen-bond acceptors (Lipinski definition) is 9. The number of amides is 1. The highest BCUT2D eigenvalue weighted by molar-refractivity contribution is 5.98. The van der Waals surface area contributed by atoms with Gasteiger partial charge in [0.1, 0.15) is 23.1 Å². The molecule has 1 saturated carbocycles. The molecule has 0 saturated heterocycles. The number of oxazole rings is 1. The fourth-order valence-electron chi connectivity index (χ4n) is 4.39. The van der Waals surface area contributed by atoms with Crippen LogP contribution in [0.1, 0.15) is 60.2 Å². The zero-order valence-electron chi connectivity index (χ0n) is 22.0. The molecule has 4 aromatic rings. The Labute approximate surface area is 227 Å². The van der Waals surface area contributed by atoms with E-state index in [-0.39, 0.29) is 46.8 Å². The highest BCUT2D eigenvalue weighted by Gasteiger charge is 2.35. The van der Waals surface area contributed by atoms with Crippen LogP contribution in [-0.4, -0.2) is 45.1 Å². The molecule has 3 aromatic heterocycles. The quantitative estimate of drug-likeness (QED) is 0.318. The van der Waals surface area contributed by atoms with E-state index in [1.54, 1.807) is 25.4 Å². The van der Waals surface area contributed by atoms with Crippen LogP contribution in [0.3, 0.4) is 0 Å². The van der Waals surface area contributed by atoms with Gasteiger partial charge in [0.15, 0.2) is 11.5 Å². The molecule has 5 rings (SSSR count). The van der Waals surface area contributed by atoms with Crippen LogP contribution < -0.4 is 20.5 Å². The zero-order valence-corrected chi connectivity index (χ0v) is 22.0. The van der Waals surface area contributed by atoms with Gasteiger partial charge in [-0.3, -0.25) is 4.79 Å². The van der Waals surface area contributed by atoms with Crippen molar-refractivity contribution in [1.29, 1.82) is 0 Å². The van der Waals surface area contributed by atoms with E-state index < -0.39 is 23.8 Å². The first-order valence-corrected chi connectivity index (χ1v) is 12.7. The van der Waals surface area contributed by atoms with Crippen molar-refractivity contribution in [2.24, 2.45) is 5.73 Å². The van der Waals surface area contributed by atoms with Gasteiger partial charge in [0, 0.05) is 42.2 Å². The first-order valence-electron chi connectivity index (χ1n) is 12.7. The summed E-state index contributed by atoms with van der Waals surface area (Å²) in [5.74, 6) is -0.165. The maximum Gasteiger partial charge on any atom is 0.433 e.